The van der Waals surface area contributed by atoms with Crippen molar-refractivity contribution >= 4 is 21.4 Å². The Morgan fingerprint density at radius 3 is 3.17 bits per heavy atom. The first kappa shape index (κ1) is 7.71. The molecule has 0 amide bonds. The molecular weight excluding hydrogens is 170 g/mol. The van der Waals surface area contributed by atoms with Crippen LogP contribution in [-0.4, -0.2) is 16.7 Å². The molecule has 0 aliphatic carbocycles. The van der Waals surface area contributed by atoms with Gasteiger partial charge in [-0.3, -0.25) is 4.98 Å². The zero-order chi connectivity index (χ0) is 8.39. The number of aromatic nitrogens is 1. The summed E-state index contributed by atoms with van der Waals surface area (Å²) in [5, 5.41) is 12.1. The van der Waals surface area contributed by atoms with Crippen LogP contribution in [0.15, 0.2) is 23.7 Å². The Labute approximate surface area is 74.5 Å². The second kappa shape index (κ2) is 3.21. The third-order valence-electron chi connectivity index (χ3n) is 1.79. The lowest BCUT2D eigenvalue weighted by Gasteiger charge is -1.97. The van der Waals surface area contributed by atoms with E-state index < -0.39 is 0 Å². The van der Waals surface area contributed by atoms with E-state index in [0.29, 0.717) is 6.42 Å². The van der Waals surface area contributed by atoms with Crippen LogP contribution < -0.4 is 0 Å². The maximum atomic E-state index is 8.78. The van der Waals surface area contributed by atoms with Gasteiger partial charge >= 0.3 is 0 Å². The van der Waals surface area contributed by atoms with E-state index in [0.717, 1.165) is 5.69 Å². The fourth-order valence-corrected chi connectivity index (χ4v) is 2.15. The van der Waals surface area contributed by atoms with Gasteiger partial charge in [-0.05, 0) is 22.9 Å². The van der Waals surface area contributed by atoms with Crippen LogP contribution in [0, 0.1) is 0 Å². The van der Waals surface area contributed by atoms with Gasteiger partial charge in [0.1, 0.15) is 0 Å². The van der Waals surface area contributed by atoms with Crippen LogP contribution in [0.25, 0.3) is 10.1 Å². The number of aliphatic hydroxyl groups excluding tert-OH is 1. The minimum absolute atomic E-state index is 0.171. The monoisotopic (exact) mass is 179 g/mol. The van der Waals surface area contributed by atoms with Gasteiger partial charge in [0.15, 0.2) is 0 Å². The molecular formula is C9H9NOS. The second-order valence-corrected chi connectivity index (χ2v) is 3.49. The molecule has 0 saturated carbocycles. The molecule has 12 heavy (non-hydrogen) atoms. The molecule has 0 aliphatic heterocycles. The van der Waals surface area contributed by atoms with E-state index in [-0.39, 0.29) is 6.61 Å². The van der Waals surface area contributed by atoms with Gasteiger partial charge in [0.05, 0.1) is 10.4 Å². The Balaban J connectivity index is 2.57. The first-order valence-electron chi connectivity index (χ1n) is 3.84. The molecule has 0 atom stereocenters. The molecule has 62 valence electrons. The summed E-state index contributed by atoms with van der Waals surface area (Å²) in [6.45, 7) is 0.171. The number of nitrogens with zero attached hydrogens (tertiary/aromatic N) is 1. The number of aliphatic hydroxyl groups is 1. The van der Waals surface area contributed by atoms with Crippen LogP contribution in [0.5, 0.6) is 0 Å². The van der Waals surface area contributed by atoms with Crippen LogP contribution in [0.4, 0.5) is 0 Å². The lowest BCUT2D eigenvalue weighted by Crippen LogP contribution is -1.93. The highest BCUT2D eigenvalue weighted by Crippen LogP contribution is 2.22. The van der Waals surface area contributed by atoms with Crippen molar-refractivity contribution in [3.63, 3.8) is 0 Å². The number of rotatable bonds is 2. The minimum Gasteiger partial charge on any atom is -0.396 e. The molecule has 3 heteroatoms. The average Bonchev–Trinajstić information content (AvgIpc) is 2.53. The van der Waals surface area contributed by atoms with Crippen molar-refractivity contribution < 1.29 is 5.11 Å². The smallest absolute Gasteiger partial charge is 0.0604 e. The maximum Gasteiger partial charge on any atom is 0.0604 e. The van der Waals surface area contributed by atoms with Crippen molar-refractivity contribution in [2.75, 3.05) is 6.61 Å². The summed E-state index contributed by atoms with van der Waals surface area (Å²) in [5.41, 5.74) is 1.00. The Bertz CT molecular complexity index is 383. The van der Waals surface area contributed by atoms with Crippen LogP contribution in [0.2, 0.25) is 0 Å². The van der Waals surface area contributed by atoms with E-state index in [1.54, 1.807) is 17.5 Å². The Morgan fingerprint density at radius 2 is 2.33 bits per heavy atom. The summed E-state index contributed by atoms with van der Waals surface area (Å²) < 4.78 is 1.20. The van der Waals surface area contributed by atoms with Crippen molar-refractivity contribution in [1.29, 1.82) is 0 Å². The molecule has 0 radical (unpaired) electrons. The van der Waals surface area contributed by atoms with E-state index >= 15 is 0 Å². The van der Waals surface area contributed by atoms with Crippen LogP contribution in [-0.2, 0) is 6.42 Å². The average molecular weight is 179 g/mol. The molecule has 0 aliphatic rings. The molecule has 2 aromatic rings. The van der Waals surface area contributed by atoms with Crippen LogP contribution in [0.3, 0.4) is 0 Å². The van der Waals surface area contributed by atoms with Gasteiger partial charge in [-0.2, -0.15) is 0 Å². The maximum absolute atomic E-state index is 8.78. The molecule has 2 heterocycles. The number of hydrogen-bond acceptors (Lipinski definition) is 3. The predicted molar refractivity (Wildman–Crippen MR) is 50.4 cm³/mol. The standard InChI is InChI=1S/C9H9NOS/c11-5-2-8-9-7(1-4-10-8)3-6-12-9/h1,3-4,6,11H,2,5H2. The van der Waals surface area contributed by atoms with E-state index in [1.165, 1.54) is 10.1 Å². The fraction of sp³-hybridized carbons (Fsp3) is 0.222. The second-order valence-electron chi connectivity index (χ2n) is 2.57. The van der Waals surface area contributed by atoms with Crippen molar-refractivity contribution in [3.05, 3.63) is 29.4 Å². The van der Waals surface area contributed by atoms with Gasteiger partial charge < -0.3 is 5.11 Å². The SMILES string of the molecule is OCCc1nccc2ccsc12. The van der Waals surface area contributed by atoms with Gasteiger partial charge in [-0.25, -0.2) is 0 Å². The van der Waals surface area contributed by atoms with E-state index in [2.05, 4.69) is 11.1 Å². The lowest BCUT2D eigenvalue weighted by atomic mass is 10.2. The summed E-state index contributed by atoms with van der Waals surface area (Å²) in [7, 11) is 0. The van der Waals surface area contributed by atoms with Gasteiger partial charge in [-0.1, -0.05) is 0 Å². The summed E-state index contributed by atoms with van der Waals surface area (Å²) >= 11 is 1.68. The summed E-state index contributed by atoms with van der Waals surface area (Å²) in [5.74, 6) is 0. The molecule has 2 aromatic heterocycles. The highest BCUT2D eigenvalue weighted by molar-refractivity contribution is 7.17. The zero-order valence-electron chi connectivity index (χ0n) is 6.53. The number of hydrogen-bond donors (Lipinski definition) is 1. The molecule has 0 unspecified atom stereocenters. The molecule has 0 spiro atoms. The summed E-state index contributed by atoms with van der Waals surface area (Å²) in [6.07, 6.45) is 2.44. The third kappa shape index (κ3) is 1.21. The van der Waals surface area contributed by atoms with Gasteiger partial charge in [-0.15, -0.1) is 11.3 Å². The van der Waals surface area contributed by atoms with Crippen LogP contribution >= 0.6 is 11.3 Å². The first-order chi connectivity index (χ1) is 5.92. The number of thiophene rings is 1. The first-order valence-corrected chi connectivity index (χ1v) is 4.72. The Hall–Kier alpha value is -0.930. The highest BCUT2D eigenvalue weighted by Gasteiger charge is 2.01. The third-order valence-corrected chi connectivity index (χ3v) is 2.77. The summed E-state index contributed by atoms with van der Waals surface area (Å²) in [6, 6.07) is 4.06. The molecule has 0 aromatic carbocycles. The molecule has 0 saturated heterocycles. The normalized spacial score (nSPS) is 10.8. The Morgan fingerprint density at radius 1 is 1.42 bits per heavy atom. The topological polar surface area (TPSA) is 33.1 Å². The predicted octanol–water partition coefficient (Wildman–Crippen LogP) is 1.83. The van der Waals surface area contributed by atoms with Gasteiger partial charge in [0.25, 0.3) is 0 Å². The van der Waals surface area contributed by atoms with Crippen molar-refractivity contribution in [1.82, 2.24) is 4.98 Å². The van der Waals surface area contributed by atoms with Gasteiger partial charge in [0, 0.05) is 19.2 Å². The van der Waals surface area contributed by atoms with Crippen molar-refractivity contribution in [2.45, 2.75) is 6.42 Å². The molecule has 2 nitrogen and oxygen atoms in total. The van der Waals surface area contributed by atoms with E-state index in [9.17, 15) is 0 Å². The molecule has 2 rings (SSSR count). The quantitative estimate of drug-likeness (QED) is 0.763. The van der Waals surface area contributed by atoms with Crippen molar-refractivity contribution in [2.24, 2.45) is 0 Å². The van der Waals surface area contributed by atoms with Gasteiger partial charge in [0.2, 0.25) is 0 Å². The lowest BCUT2D eigenvalue weighted by molar-refractivity contribution is 0.299. The molecule has 0 bridgehead atoms. The number of fused-ring (bicyclic) bond motifs is 1. The minimum atomic E-state index is 0.171. The van der Waals surface area contributed by atoms with E-state index in [1.807, 2.05) is 11.4 Å². The zero-order valence-corrected chi connectivity index (χ0v) is 7.34. The van der Waals surface area contributed by atoms with E-state index in [4.69, 9.17) is 5.11 Å². The Kier molecular flexibility index (Phi) is 2.06. The highest BCUT2D eigenvalue weighted by atomic mass is 32.1. The number of pyridine rings is 1. The molecule has 1 N–H and O–H groups in total. The summed E-state index contributed by atoms with van der Waals surface area (Å²) in [4.78, 5) is 4.22. The van der Waals surface area contributed by atoms with Crippen molar-refractivity contribution in [3.8, 4) is 0 Å². The largest absolute Gasteiger partial charge is 0.396 e. The van der Waals surface area contributed by atoms with Crippen LogP contribution in [0.1, 0.15) is 5.69 Å². The fourth-order valence-electron chi connectivity index (χ4n) is 1.24. The molecule has 0 fully saturated rings.